The lowest BCUT2D eigenvalue weighted by Crippen LogP contribution is -2.23. The zero-order valence-electron chi connectivity index (χ0n) is 12.6. The molecule has 0 aliphatic carbocycles. The highest BCUT2D eigenvalue weighted by Crippen LogP contribution is 2.10. The van der Waals surface area contributed by atoms with Gasteiger partial charge in [0.1, 0.15) is 5.69 Å². The van der Waals surface area contributed by atoms with Crippen LogP contribution in [-0.2, 0) is 6.54 Å². The maximum absolute atomic E-state index is 12.1. The molecule has 0 unspecified atom stereocenters. The number of halogens is 1. The molecule has 0 spiro atoms. The largest absolute Gasteiger partial charge is 0.385 e. The van der Waals surface area contributed by atoms with Gasteiger partial charge in [-0.2, -0.15) is 0 Å². The second kappa shape index (κ2) is 8.39. The average molecular weight is 318 g/mol. The Morgan fingerprint density at radius 3 is 2.73 bits per heavy atom. The average Bonchev–Trinajstić information content (AvgIpc) is 2.54. The van der Waals surface area contributed by atoms with E-state index in [4.69, 9.17) is 11.6 Å². The van der Waals surface area contributed by atoms with Gasteiger partial charge in [0.25, 0.3) is 5.91 Å². The molecular formula is C17H20ClN3O. The SMILES string of the molecule is CCCCNc1ccnc(C(=O)NCc2ccc(Cl)cc2)c1. The van der Waals surface area contributed by atoms with Crippen molar-refractivity contribution in [2.24, 2.45) is 0 Å². The third-order valence-electron chi connectivity index (χ3n) is 3.22. The van der Waals surface area contributed by atoms with E-state index in [-0.39, 0.29) is 5.91 Å². The van der Waals surface area contributed by atoms with Crippen molar-refractivity contribution in [2.75, 3.05) is 11.9 Å². The molecule has 0 aliphatic rings. The van der Waals surface area contributed by atoms with Gasteiger partial charge in [-0.05, 0) is 36.2 Å². The molecule has 2 rings (SSSR count). The summed E-state index contributed by atoms with van der Waals surface area (Å²) >= 11 is 5.84. The van der Waals surface area contributed by atoms with E-state index in [1.807, 2.05) is 18.2 Å². The second-order valence-electron chi connectivity index (χ2n) is 5.02. The molecule has 1 amide bonds. The van der Waals surface area contributed by atoms with E-state index in [0.29, 0.717) is 17.3 Å². The monoisotopic (exact) mass is 317 g/mol. The van der Waals surface area contributed by atoms with Crippen LogP contribution in [0.5, 0.6) is 0 Å². The van der Waals surface area contributed by atoms with E-state index in [1.54, 1.807) is 24.4 Å². The zero-order chi connectivity index (χ0) is 15.8. The molecule has 1 aromatic carbocycles. The number of hydrogen-bond donors (Lipinski definition) is 2. The summed E-state index contributed by atoms with van der Waals surface area (Å²) < 4.78 is 0. The van der Waals surface area contributed by atoms with Crippen molar-refractivity contribution in [3.63, 3.8) is 0 Å². The molecule has 0 saturated carbocycles. The number of nitrogens with one attached hydrogen (secondary N) is 2. The summed E-state index contributed by atoms with van der Waals surface area (Å²) in [6, 6.07) is 11.0. The van der Waals surface area contributed by atoms with Crippen LogP contribution >= 0.6 is 11.6 Å². The van der Waals surface area contributed by atoms with Crippen molar-refractivity contribution in [3.05, 3.63) is 58.9 Å². The number of aromatic nitrogens is 1. The fraction of sp³-hybridized carbons (Fsp3) is 0.294. The number of nitrogens with zero attached hydrogens (tertiary/aromatic N) is 1. The van der Waals surface area contributed by atoms with Crippen molar-refractivity contribution in [1.82, 2.24) is 10.3 Å². The molecule has 22 heavy (non-hydrogen) atoms. The minimum absolute atomic E-state index is 0.186. The number of carbonyl (C=O) groups excluding carboxylic acids is 1. The number of rotatable bonds is 7. The molecule has 2 N–H and O–H groups in total. The Morgan fingerprint density at radius 2 is 2.00 bits per heavy atom. The zero-order valence-corrected chi connectivity index (χ0v) is 13.4. The molecule has 0 radical (unpaired) electrons. The minimum Gasteiger partial charge on any atom is -0.385 e. The molecule has 116 valence electrons. The van der Waals surface area contributed by atoms with Gasteiger partial charge in [0.05, 0.1) is 0 Å². The second-order valence-corrected chi connectivity index (χ2v) is 5.46. The van der Waals surface area contributed by atoms with E-state index < -0.39 is 0 Å². The number of carbonyl (C=O) groups is 1. The Morgan fingerprint density at radius 1 is 1.23 bits per heavy atom. The van der Waals surface area contributed by atoms with E-state index in [2.05, 4.69) is 22.5 Å². The van der Waals surface area contributed by atoms with Gasteiger partial charge in [-0.15, -0.1) is 0 Å². The number of benzene rings is 1. The Bertz CT molecular complexity index is 614. The highest BCUT2D eigenvalue weighted by Gasteiger charge is 2.07. The summed E-state index contributed by atoms with van der Waals surface area (Å²) in [5.74, 6) is -0.186. The van der Waals surface area contributed by atoms with Gasteiger partial charge in [0, 0.05) is 30.0 Å². The maximum Gasteiger partial charge on any atom is 0.270 e. The van der Waals surface area contributed by atoms with Crippen LogP contribution in [0.2, 0.25) is 5.02 Å². The molecule has 4 nitrogen and oxygen atoms in total. The van der Waals surface area contributed by atoms with Crippen LogP contribution in [0.15, 0.2) is 42.6 Å². The topological polar surface area (TPSA) is 54.0 Å². The Labute approximate surface area is 135 Å². The highest BCUT2D eigenvalue weighted by atomic mass is 35.5. The van der Waals surface area contributed by atoms with E-state index in [0.717, 1.165) is 30.6 Å². The van der Waals surface area contributed by atoms with Crippen molar-refractivity contribution >= 4 is 23.2 Å². The van der Waals surface area contributed by atoms with Gasteiger partial charge in [0.2, 0.25) is 0 Å². The quantitative estimate of drug-likeness (QED) is 0.762. The number of anilines is 1. The standard InChI is InChI=1S/C17H20ClN3O/c1-2-3-9-19-15-8-10-20-16(11-15)17(22)21-12-13-4-6-14(18)7-5-13/h4-8,10-11H,2-3,9,12H2,1H3,(H,19,20)(H,21,22). The van der Waals surface area contributed by atoms with Crippen LogP contribution in [0.4, 0.5) is 5.69 Å². The molecule has 5 heteroatoms. The van der Waals surface area contributed by atoms with Crippen LogP contribution < -0.4 is 10.6 Å². The lowest BCUT2D eigenvalue weighted by Gasteiger charge is -2.08. The normalized spacial score (nSPS) is 10.3. The predicted octanol–water partition coefficient (Wildman–Crippen LogP) is 3.88. The van der Waals surface area contributed by atoms with Crippen LogP contribution in [0, 0.1) is 0 Å². The summed E-state index contributed by atoms with van der Waals surface area (Å²) in [6.45, 7) is 3.49. The van der Waals surface area contributed by atoms with Gasteiger partial charge in [-0.1, -0.05) is 37.1 Å². The molecule has 0 bridgehead atoms. The summed E-state index contributed by atoms with van der Waals surface area (Å²) in [6.07, 6.45) is 3.87. The van der Waals surface area contributed by atoms with Gasteiger partial charge >= 0.3 is 0 Å². The first-order chi connectivity index (χ1) is 10.7. The van der Waals surface area contributed by atoms with E-state index in [9.17, 15) is 4.79 Å². The predicted molar refractivity (Wildman–Crippen MR) is 90.3 cm³/mol. The lowest BCUT2D eigenvalue weighted by atomic mass is 10.2. The molecule has 0 fully saturated rings. The smallest absolute Gasteiger partial charge is 0.270 e. The third-order valence-corrected chi connectivity index (χ3v) is 3.47. The molecule has 2 aromatic rings. The first-order valence-electron chi connectivity index (χ1n) is 7.41. The number of hydrogen-bond acceptors (Lipinski definition) is 3. The van der Waals surface area contributed by atoms with Crippen LogP contribution in [-0.4, -0.2) is 17.4 Å². The van der Waals surface area contributed by atoms with Gasteiger partial charge in [-0.3, -0.25) is 9.78 Å². The molecular weight excluding hydrogens is 298 g/mol. The summed E-state index contributed by atoms with van der Waals surface area (Å²) in [7, 11) is 0. The minimum atomic E-state index is -0.186. The van der Waals surface area contributed by atoms with Crippen LogP contribution in [0.3, 0.4) is 0 Å². The van der Waals surface area contributed by atoms with E-state index >= 15 is 0 Å². The Hall–Kier alpha value is -2.07. The van der Waals surface area contributed by atoms with Gasteiger partial charge < -0.3 is 10.6 Å². The van der Waals surface area contributed by atoms with Crippen molar-refractivity contribution in [1.29, 1.82) is 0 Å². The maximum atomic E-state index is 12.1. The fourth-order valence-corrected chi connectivity index (χ4v) is 2.08. The van der Waals surface area contributed by atoms with Crippen molar-refractivity contribution in [3.8, 4) is 0 Å². The summed E-state index contributed by atoms with van der Waals surface area (Å²) in [5, 5.41) is 6.83. The Kier molecular flexibility index (Phi) is 6.22. The molecule has 0 atom stereocenters. The Balaban J connectivity index is 1.91. The first kappa shape index (κ1) is 16.3. The number of amides is 1. The third kappa shape index (κ3) is 5.04. The molecule has 0 saturated heterocycles. The highest BCUT2D eigenvalue weighted by molar-refractivity contribution is 6.30. The van der Waals surface area contributed by atoms with Crippen molar-refractivity contribution < 1.29 is 4.79 Å². The fourth-order valence-electron chi connectivity index (χ4n) is 1.95. The first-order valence-corrected chi connectivity index (χ1v) is 7.79. The molecule has 1 heterocycles. The number of pyridine rings is 1. The lowest BCUT2D eigenvalue weighted by molar-refractivity contribution is 0.0946. The van der Waals surface area contributed by atoms with Gasteiger partial charge in [-0.25, -0.2) is 0 Å². The van der Waals surface area contributed by atoms with Gasteiger partial charge in [0.15, 0.2) is 0 Å². The van der Waals surface area contributed by atoms with Crippen LogP contribution in [0.25, 0.3) is 0 Å². The number of unbranched alkanes of at least 4 members (excludes halogenated alkanes) is 1. The summed E-state index contributed by atoms with van der Waals surface area (Å²) in [5.41, 5.74) is 2.32. The van der Waals surface area contributed by atoms with E-state index in [1.165, 1.54) is 0 Å². The van der Waals surface area contributed by atoms with Crippen molar-refractivity contribution in [2.45, 2.75) is 26.3 Å². The van der Waals surface area contributed by atoms with Crippen LogP contribution in [0.1, 0.15) is 35.8 Å². The molecule has 1 aromatic heterocycles. The molecule has 0 aliphatic heterocycles. The summed E-state index contributed by atoms with van der Waals surface area (Å²) in [4.78, 5) is 16.3.